The predicted octanol–water partition coefficient (Wildman–Crippen LogP) is 1.73. The minimum Gasteiger partial charge on any atom is -0.432 e. The number of aryl methyl sites for hydroxylation is 1. The molecule has 19 heavy (non-hydrogen) atoms. The fourth-order valence-corrected chi connectivity index (χ4v) is 1.42. The molecule has 1 aromatic carbocycles. The number of rotatable bonds is 3. The van der Waals surface area contributed by atoms with Gasteiger partial charge in [-0.15, -0.1) is 0 Å². The van der Waals surface area contributed by atoms with E-state index in [0.717, 1.165) is 6.07 Å². The fraction of sp³-hybridized carbons (Fsp3) is 0.0909. The van der Waals surface area contributed by atoms with E-state index in [1.807, 2.05) is 0 Å². The van der Waals surface area contributed by atoms with E-state index < -0.39 is 10.8 Å². The molecule has 1 heterocycles. The second kappa shape index (κ2) is 4.77. The number of hydrogen-bond donors (Lipinski definition) is 2. The maximum atomic E-state index is 11.8. The normalized spacial score (nSPS) is 10.2. The number of carbonyl (C=O) groups excluding carboxylic acids is 1. The lowest BCUT2D eigenvalue weighted by atomic mass is 10.1. The molecule has 2 rings (SSSR count). The summed E-state index contributed by atoms with van der Waals surface area (Å²) in [6.45, 7) is 1.70. The Morgan fingerprint density at radius 3 is 2.84 bits per heavy atom. The van der Waals surface area contributed by atoms with Gasteiger partial charge in [-0.25, -0.2) is 0 Å². The van der Waals surface area contributed by atoms with Crippen LogP contribution in [0.4, 0.5) is 17.4 Å². The third-order valence-corrected chi connectivity index (χ3v) is 2.33. The molecular weight excluding hydrogens is 252 g/mol. The Balaban J connectivity index is 2.24. The van der Waals surface area contributed by atoms with Gasteiger partial charge in [0.1, 0.15) is 12.0 Å². The standard InChI is InChI=1S/C11H10N4O4/c1-6-5-19-11(13-6)14-10(16)7-2-3-8(12)9(4-7)15(17)18/h2-5H,12H2,1H3,(H,13,14,16). The quantitative estimate of drug-likeness (QED) is 0.493. The zero-order valence-corrected chi connectivity index (χ0v) is 9.91. The molecule has 0 radical (unpaired) electrons. The lowest BCUT2D eigenvalue weighted by Crippen LogP contribution is -2.12. The van der Waals surface area contributed by atoms with Crippen LogP contribution in [-0.4, -0.2) is 15.8 Å². The summed E-state index contributed by atoms with van der Waals surface area (Å²) in [5, 5.41) is 13.1. The Bertz CT molecular complexity index is 650. The molecule has 8 heteroatoms. The third kappa shape index (κ3) is 2.68. The van der Waals surface area contributed by atoms with Crippen molar-refractivity contribution in [3.8, 4) is 0 Å². The van der Waals surface area contributed by atoms with Crippen LogP contribution in [0.25, 0.3) is 0 Å². The first-order chi connectivity index (χ1) is 8.97. The number of nitro benzene ring substituents is 1. The summed E-state index contributed by atoms with van der Waals surface area (Å²) in [4.78, 5) is 25.8. The van der Waals surface area contributed by atoms with E-state index in [4.69, 9.17) is 10.2 Å². The van der Waals surface area contributed by atoms with Gasteiger partial charge in [-0.1, -0.05) is 0 Å². The summed E-state index contributed by atoms with van der Waals surface area (Å²) in [5.41, 5.74) is 5.82. The first kappa shape index (κ1) is 12.6. The van der Waals surface area contributed by atoms with Crippen LogP contribution in [0.3, 0.4) is 0 Å². The molecular formula is C11H10N4O4. The second-order valence-corrected chi connectivity index (χ2v) is 3.78. The summed E-state index contributed by atoms with van der Waals surface area (Å²) in [6, 6.07) is 3.81. The summed E-state index contributed by atoms with van der Waals surface area (Å²) in [6.07, 6.45) is 1.38. The first-order valence-electron chi connectivity index (χ1n) is 5.25. The van der Waals surface area contributed by atoms with Gasteiger partial charge in [0.15, 0.2) is 0 Å². The van der Waals surface area contributed by atoms with Gasteiger partial charge in [0, 0.05) is 11.6 Å². The van der Waals surface area contributed by atoms with Crippen molar-refractivity contribution in [3.63, 3.8) is 0 Å². The first-order valence-corrected chi connectivity index (χ1v) is 5.25. The molecule has 0 aliphatic carbocycles. The molecule has 0 saturated carbocycles. The van der Waals surface area contributed by atoms with Crippen LogP contribution in [0.1, 0.15) is 16.1 Å². The van der Waals surface area contributed by atoms with Crippen LogP contribution < -0.4 is 11.1 Å². The summed E-state index contributed by atoms with van der Waals surface area (Å²) < 4.78 is 4.96. The summed E-state index contributed by atoms with van der Waals surface area (Å²) in [7, 11) is 0. The fourth-order valence-electron chi connectivity index (χ4n) is 1.42. The molecule has 0 aliphatic heterocycles. The van der Waals surface area contributed by atoms with Gasteiger partial charge >= 0.3 is 6.01 Å². The van der Waals surface area contributed by atoms with E-state index in [0.29, 0.717) is 5.69 Å². The zero-order valence-electron chi connectivity index (χ0n) is 9.91. The molecule has 98 valence electrons. The Morgan fingerprint density at radius 2 is 2.26 bits per heavy atom. The van der Waals surface area contributed by atoms with Crippen molar-refractivity contribution in [2.75, 3.05) is 11.1 Å². The zero-order chi connectivity index (χ0) is 14.0. The van der Waals surface area contributed by atoms with Gasteiger partial charge in [-0.2, -0.15) is 4.98 Å². The third-order valence-electron chi connectivity index (χ3n) is 2.33. The van der Waals surface area contributed by atoms with Crippen molar-refractivity contribution < 1.29 is 14.1 Å². The van der Waals surface area contributed by atoms with E-state index in [1.165, 1.54) is 18.4 Å². The number of carbonyl (C=O) groups is 1. The van der Waals surface area contributed by atoms with Crippen molar-refractivity contribution in [1.29, 1.82) is 0 Å². The molecule has 0 unspecified atom stereocenters. The van der Waals surface area contributed by atoms with Gasteiger partial charge in [0.2, 0.25) is 0 Å². The maximum Gasteiger partial charge on any atom is 0.301 e. The van der Waals surface area contributed by atoms with E-state index in [9.17, 15) is 14.9 Å². The van der Waals surface area contributed by atoms with Gasteiger partial charge in [-0.3, -0.25) is 20.2 Å². The molecule has 3 N–H and O–H groups in total. The SMILES string of the molecule is Cc1coc(NC(=O)c2ccc(N)c([N+](=O)[O-])c2)n1. The van der Waals surface area contributed by atoms with Crippen molar-refractivity contribution in [2.45, 2.75) is 6.92 Å². The van der Waals surface area contributed by atoms with Crippen molar-refractivity contribution in [3.05, 3.63) is 45.8 Å². The van der Waals surface area contributed by atoms with Crippen molar-refractivity contribution in [2.24, 2.45) is 0 Å². The minimum absolute atomic E-state index is 0.00600. The molecule has 0 spiro atoms. The highest BCUT2D eigenvalue weighted by Gasteiger charge is 2.16. The maximum absolute atomic E-state index is 11.8. The molecule has 0 atom stereocenters. The van der Waals surface area contributed by atoms with Crippen LogP contribution in [-0.2, 0) is 0 Å². The van der Waals surface area contributed by atoms with Crippen LogP contribution >= 0.6 is 0 Å². The molecule has 1 aromatic heterocycles. The highest BCUT2D eigenvalue weighted by molar-refractivity contribution is 6.04. The number of nitrogen functional groups attached to an aromatic ring is 1. The monoisotopic (exact) mass is 262 g/mol. The number of nitrogens with zero attached hydrogens (tertiary/aromatic N) is 2. The number of anilines is 2. The van der Waals surface area contributed by atoms with Crippen LogP contribution in [0.2, 0.25) is 0 Å². The number of amides is 1. The largest absolute Gasteiger partial charge is 0.432 e. The van der Waals surface area contributed by atoms with Gasteiger partial charge < -0.3 is 10.2 Å². The Hall–Kier alpha value is -2.90. The predicted molar refractivity (Wildman–Crippen MR) is 66.7 cm³/mol. The topological polar surface area (TPSA) is 124 Å². The van der Waals surface area contributed by atoms with Gasteiger partial charge in [0.05, 0.1) is 10.6 Å². The molecule has 0 bridgehead atoms. The molecule has 1 amide bonds. The number of nitrogens with two attached hydrogens (primary N) is 1. The average Bonchev–Trinajstić information content (AvgIpc) is 2.74. The average molecular weight is 262 g/mol. The van der Waals surface area contributed by atoms with Crippen LogP contribution in [0.15, 0.2) is 28.9 Å². The lowest BCUT2D eigenvalue weighted by molar-refractivity contribution is -0.383. The highest BCUT2D eigenvalue weighted by Crippen LogP contribution is 2.22. The van der Waals surface area contributed by atoms with E-state index in [1.54, 1.807) is 6.92 Å². The molecule has 8 nitrogen and oxygen atoms in total. The number of nitro groups is 1. The van der Waals surface area contributed by atoms with Gasteiger partial charge in [-0.05, 0) is 19.1 Å². The summed E-state index contributed by atoms with van der Waals surface area (Å²) in [5.74, 6) is -0.565. The summed E-state index contributed by atoms with van der Waals surface area (Å²) >= 11 is 0. The highest BCUT2D eigenvalue weighted by atomic mass is 16.6. The minimum atomic E-state index is -0.651. The van der Waals surface area contributed by atoms with Crippen molar-refractivity contribution >= 4 is 23.3 Å². The Kier molecular flexibility index (Phi) is 3.15. The number of nitrogens with one attached hydrogen (secondary N) is 1. The smallest absolute Gasteiger partial charge is 0.301 e. The Labute approximate surface area is 107 Å². The number of oxazole rings is 1. The van der Waals surface area contributed by atoms with E-state index >= 15 is 0 Å². The van der Waals surface area contributed by atoms with Crippen LogP contribution in [0, 0.1) is 17.0 Å². The van der Waals surface area contributed by atoms with Crippen molar-refractivity contribution in [1.82, 2.24) is 4.98 Å². The van der Waals surface area contributed by atoms with Crippen LogP contribution in [0.5, 0.6) is 0 Å². The molecule has 2 aromatic rings. The van der Waals surface area contributed by atoms with E-state index in [2.05, 4.69) is 10.3 Å². The molecule has 0 fully saturated rings. The molecule has 0 aliphatic rings. The van der Waals surface area contributed by atoms with Gasteiger partial charge in [0.25, 0.3) is 11.6 Å². The number of benzene rings is 1. The Morgan fingerprint density at radius 1 is 1.53 bits per heavy atom. The van der Waals surface area contributed by atoms with E-state index in [-0.39, 0.29) is 23.0 Å². The number of hydrogen-bond acceptors (Lipinski definition) is 6. The second-order valence-electron chi connectivity index (χ2n) is 3.78. The molecule has 0 saturated heterocycles. The number of aromatic nitrogens is 1. The lowest BCUT2D eigenvalue weighted by Gasteiger charge is -2.02.